The van der Waals surface area contributed by atoms with Crippen LogP contribution in [-0.2, 0) is 38.0 Å². The van der Waals surface area contributed by atoms with Gasteiger partial charge in [0, 0.05) is 18.4 Å². The molecule has 0 radical (unpaired) electrons. The average Bonchev–Trinajstić information content (AvgIpc) is 3.08. The van der Waals surface area contributed by atoms with Gasteiger partial charge in [-0.05, 0) is 134 Å². The first-order chi connectivity index (χ1) is 28.6. The Morgan fingerprint density at radius 2 is 1.17 bits per heavy atom. The number of nitrogens with one attached hydrogen (secondary N) is 3. The third kappa shape index (κ3) is 19.6. The molecule has 0 fully saturated rings. The summed E-state index contributed by atoms with van der Waals surface area (Å²) >= 11 is 0. The van der Waals surface area contributed by atoms with Crippen molar-refractivity contribution in [3.8, 4) is 0 Å². The number of benzene rings is 2. The molecule has 19 heteroatoms. The topological polar surface area (TPSA) is 197 Å². The normalized spacial score (nSPS) is 13.5. The number of esters is 1. The van der Waals surface area contributed by atoms with Gasteiger partial charge in [0.2, 0.25) is 5.96 Å². The number of hydrogen-bond donors (Lipinski definition) is 3. The molecule has 0 bridgehead atoms. The fraction of sp³-hybridized carbons (Fsp3) is 0.568. The predicted molar refractivity (Wildman–Crippen MR) is 240 cm³/mol. The Bertz CT molecular complexity index is 2080. The Hall–Kier alpha value is -4.88. The van der Waals surface area contributed by atoms with Crippen molar-refractivity contribution in [3.63, 3.8) is 0 Å². The minimum Gasteiger partial charge on any atom is -0.459 e. The Morgan fingerprint density at radius 3 is 1.63 bits per heavy atom. The van der Waals surface area contributed by atoms with Gasteiger partial charge in [-0.2, -0.15) is 0 Å². The molecule has 2 aromatic rings. The van der Waals surface area contributed by atoms with Crippen LogP contribution in [0.1, 0.15) is 107 Å². The zero-order chi connectivity index (χ0) is 48.4. The summed E-state index contributed by atoms with van der Waals surface area (Å²) in [6, 6.07) is 7.77. The SMILES string of the molecule is CC(C)(C)OC(=O)NC(=NCCC[C@@H](NC(=O)OC(C)(C)C)C(=O)OC/C(=C(\CO[Si](C)(C)C(C)(C)C)c1ccc(F)c(F)c1)c1ccc(S(C)(=O)=O)cc1)NC(=O)OC(C)(C)C. The Kier molecular flexibility index (Phi) is 18.7. The van der Waals surface area contributed by atoms with E-state index in [1.54, 1.807) is 62.3 Å². The summed E-state index contributed by atoms with van der Waals surface area (Å²) in [5.74, 6) is -3.41. The molecule has 3 N–H and O–H groups in total. The van der Waals surface area contributed by atoms with Crippen molar-refractivity contribution in [2.24, 2.45) is 4.99 Å². The number of hydrogen-bond acceptors (Lipinski definition) is 12. The average molecular weight is 925 g/mol. The molecule has 0 heterocycles. The number of halogens is 2. The highest BCUT2D eigenvalue weighted by molar-refractivity contribution is 7.90. The van der Waals surface area contributed by atoms with Crippen molar-refractivity contribution in [2.45, 2.75) is 142 Å². The quantitative estimate of drug-likeness (QED) is 0.0311. The van der Waals surface area contributed by atoms with E-state index in [0.29, 0.717) is 16.7 Å². The summed E-state index contributed by atoms with van der Waals surface area (Å²) in [5.41, 5.74) is -1.43. The number of rotatable bonds is 14. The van der Waals surface area contributed by atoms with Crippen molar-refractivity contribution in [1.29, 1.82) is 0 Å². The van der Waals surface area contributed by atoms with Crippen LogP contribution >= 0.6 is 0 Å². The summed E-state index contributed by atoms with van der Waals surface area (Å²) in [6.07, 6.45) is -1.68. The first-order valence-electron chi connectivity index (χ1n) is 20.4. The van der Waals surface area contributed by atoms with Gasteiger partial charge in [0.15, 0.2) is 29.8 Å². The van der Waals surface area contributed by atoms with Gasteiger partial charge in [0.1, 0.15) is 29.5 Å². The summed E-state index contributed by atoms with van der Waals surface area (Å²) in [5, 5.41) is 7.06. The standard InChI is InChI=1S/C44H66F2N4O11SSi/c1-41(2,3)59-38(52)48-35(17-16-24-47-37(49-39(53)60-42(4,5)6)50-40(54)61-43(7,8)9)36(51)57-26-31(28-18-21-30(22-19-28)62(13,55)56)32(27-58-63(14,15)44(10,11)12)29-20-23-33(45)34(46)25-29/h18-23,25,35H,16-17,24,26-27H2,1-15H3,(H,48,52)(H2,47,49,50,53,54)/b32-31-/t35-/m1/s1. The Labute approximate surface area is 372 Å². The fourth-order valence-electron chi connectivity index (χ4n) is 5.09. The molecule has 2 aromatic carbocycles. The maximum atomic E-state index is 14.9. The lowest BCUT2D eigenvalue weighted by atomic mass is 9.95. The van der Waals surface area contributed by atoms with E-state index in [1.165, 1.54) is 30.3 Å². The third-order valence-electron chi connectivity index (χ3n) is 9.14. The van der Waals surface area contributed by atoms with E-state index < -0.39 is 83.5 Å². The van der Waals surface area contributed by atoms with Crippen LogP contribution in [0.25, 0.3) is 11.1 Å². The number of carbonyl (C=O) groups is 4. The zero-order valence-electron chi connectivity index (χ0n) is 39.3. The van der Waals surface area contributed by atoms with Crippen molar-refractivity contribution >= 4 is 59.5 Å². The lowest BCUT2D eigenvalue weighted by Crippen LogP contribution is -2.47. The highest BCUT2D eigenvalue weighted by Crippen LogP contribution is 2.38. The van der Waals surface area contributed by atoms with E-state index >= 15 is 0 Å². The molecule has 0 aliphatic heterocycles. The van der Waals surface area contributed by atoms with Gasteiger partial charge in [0.25, 0.3) is 0 Å². The summed E-state index contributed by atoms with van der Waals surface area (Å²) in [4.78, 5) is 56.6. The molecule has 0 aromatic heterocycles. The van der Waals surface area contributed by atoms with Gasteiger partial charge in [-0.15, -0.1) is 0 Å². The van der Waals surface area contributed by atoms with Crippen LogP contribution < -0.4 is 16.0 Å². The molecule has 1 atom stereocenters. The molecular formula is C44H66F2N4O11SSi. The van der Waals surface area contributed by atoms with Gasteiger partial charge >= 0.3 is 24.2 Å². The van der Waals surface area contributed by atoms with Gasteiger partial charge in [0.05, 0.1) is 11.5 Å². The van der Waals surface area contributed by atoms with Gasteiger partial charge < -0.3 is 28.7 Å². The van der Waals surface area contributed by atoms with Crippen molar-refractivity contribution < 1.29 is 59.8 Å². The van der Waals surface area contributed by atoms with E-state index in [2.05, 4.69) is 20.9 Å². The third-order valence-corrected chi connectivity index (χ3v) is 14.7. The van der Waals surface area contributed by atoms with Gasteiger partial charge in [-0.3, -0.25) is 15.6 Å². The molecule has 63 heavy (non-hydrogen) atoms. The van der Waals surface area contributed by atoms with Gasteiger partial charge in [-0.1, -0.05) is 39.0 Å². The van der Waals surface area contributed by atoms with E-state index in [9.17, 15) is 36.4 Å². The molecule has 0 saturated carbocycles. The van der Waals surface area contributed by atoms with E-state index in [-0.39, 0.29) is 47.5 Å². The number of sulfone groups is 1. The van der Waals surface area contributed by atoms with E-state index in [1.807, 2.05) is 33.9 Å². The molecule has 0 saturated heterocycles. The molecular weight excluding hydrogens is 859 g/mol. The second kappa shape index (κ2) is 21.7. The Morgan fingerprint density at radius 1 is 0.698 bits per heavy atom. The van der Waals surface area contributed by atoms with E-state index in [0.717, 1.165) is 18.4 Å². The van der Waals surface area contributed by atoms with Crippen molar-refractivity contribution in [1.82, 2.24) is 16.0 Å². The lowest BCUT2D eigenvalue weighted by Gasteiger charge is -2.36. The summed E-state index contributed by atoms with van der Waals surface area (Å²) in [6.45, 7) is 24.3. The highest BCUT2D eigenvalue weighted by atomic mass is 32.2. The molecule has 0 spiro atoms. The van der Waals surface area contributed by atoms with Crippen LogP contribution in [0.15, 0.2) is 52.4 Å². The van der Waals surface area contributed by atoms with Crippen molar-refractivity contribution in [3.05, 3.63) is 65.2 Å². The van der Waals surface area contributed by atoms with Crippen LogP contribution in [0.2, 0.25) is 18.1 Å². The molecule has 0 aliphatic rings. The number of carbonyl (C=O) groups excluding carboxylic acids is 4. The predicted octanol–water partition coefficient (Wildman–Crippen LogP) is 8.92. The number of nitrogens with zero attached hydrogens (tertiary/aromatic N) is 1. The minimum atomic E-state index is -3.61. The smallest absolute Gasteiger partial charge is 0.414 e. The molecule has 0 unspecified atom stereocenters. The second-order valence-electron chi connectivity index (χ2n) is 19.4. The highest BCUT2D eigenvalue weighted by Gasteiger charge is 2.38. The fourth-order valence-corrected chi connectivity index (χ4v) is 6.65. The maximum Gasteiger partial charge on any atom is 0.414 e. The van der Waals surface area contributed by atoms with Crippen LogP contribution in [0, 0.1) is 11.6 Å². The Balaban J connectivity index is 2.63. The number of alkyl carbamates (subject to hydrolysis) is 3. The van der Waals surface area contributed by atoms with Crippen molar-refractivity contribution in [2.75, 3.05) is 26.0 Å². The van der Waals surface area contributed by atoms with Crippen LogP contribution in [-0.4, -0.2) is 95.8 Å². The first-order valence-corrected chi connectivity index (χ1v) is 25.2. The van der Waals surface area contributed by atoms with E-state index in [4.69, 9.17) is 23.4 Å². The lowest BCUT2D eigenvalue weighted by molar-refractivity contribution is -0.144. The number of aliphatic imine (C=N–C) groups is 1. The molecule has 2 rings (SSSR count). The largest absolute Gasteiger partial charge is 0.459 e. The number of amides is 3. The minimum absolute atomic E-state index is 0.0181. The van der Waals surface area contributed by atoms with Gasteiger partial charge in [-0.25, -0.2) is 36.4 Å². The molecule has 352 valence electrons. The summed E-state index contributed by atoms with van der Waals surface area (Å²) in [7, 11) is -6.10. The maximum absolute atomic E-state index is 14.9. The monoisotopic (exact) mass is 924 g/mol. The first kappa shape index (κ1) is 54.3. The zero-order valence-corrected chi connectivity index (χ0v) is 41.1. The molecule has 3 amide bonds. The second-order valence-corrected chi connectivity index (χ2v) is 26.2. The number of ether oxygens (including phenoxy) is 4. The van der Waals surface area contributed by atoms with Crippen LogP contribution in [0.3, 0.4) is 0 Å². The molecule has 15 nitrogen and oxygen atoms in total. The number of guanidine groups is 1. The summed E-state index contributed by atoms with van der Waals surface area (Å²) < 4.78 is 82.4. The molecule has 0 aliphatic carbocycles. The van der Waals surface area contributed by atoms with Crippen LogP contribution in [0.5, 0.6) is 0 Å². The van der Waals surface area contributed by atoms with Crippen LogP contribution in [0.4, 0.5) is 23.2 Å².